The van der Waals surface area contributed by atoms with Crippen LogP contribution in [-0.2, 0) is 4.79 Å². The Hall–Kier alpha value is -2.46. The van der Waals surface area contributed by atoms with Crippen LogP contribution >= 0.6 is 11.3 Å². The molecule has 0 bridgehead atoms. The summed E-state index contributed by atoms with van der Waals surface area (Å²) in [6, 6.07) is 8.49. The highest BCUT2D eigenvalue weighted by atomic mass is 32.1. The van der Waals surface area contributed by atoms with Gasteiger partial charge in [-0.05, 0) is 37.9 Å². The molecule has 0 unspecified atom stereocenters. The van der Waals surface area contributed by atoms with Gasteiger partial charge in [-0.15, -0.1) is 0 Å². The van der Waals surface area contributed by atoms with E-state index in [2.05, 4.69) is 48.1 Å². The highest BCUT2D eigenvalue weighted by Gasteiger charge is 2.38. The van der Waals surface area contributed by atoms with E-state index in [0.717, 1.165) is 23.8 Å². The Labute approximate surface area is 175 Å². The van der Waals surface area contributed by atoms with E-state index in [1.807, 2.05) is 6.20 Å². The third-order valence-corrected chi connectivity index (χ3v) is 5.95. The van der Waals surface area contributed by atoms with Gasteiger partial charge in [0.15, 0.2) is 0 Å². The second kappa shape index (κ2) is 9.13. The van der Waals surface area contributed by atoms with Gasteiger partial charge in [-0.2, -0.15) is 18.3 Å². The number of hydrogen-bond acceptors (Lipinski definition) is 5. The van der Waals surface area contributed by atoms with Crippen LogP contribution in [0.4, 0.5) is 13.2 Å². The van der Waals surface area contributed by atoms with Crippen molar-refractivity contribution < 1.29 is 23.1 Å². The molecule has 1 saturated heterocycles. The van der Waals surface area contributed by atoms with E-state index < -0.39 is 12.1 Å². The lowest BCUT2D eigenvalue weighted by Gasteiger charge is -2.20. The summed E-state index contributed by atoms with van der Waals surface area (Å²) in [6.07, 6.45) is -0.723. The summed E-state index contributed by atoms with van der Waals surface area (Å²) >= 11 is 1.79. The number of halogens is 3. The minimum absolute atomic E-state index is 0.415. The molecule has 0 amide bonds. The fraction of sp³-hybridized carbons (Fsp3) is 0.450. The molecule has 6 nitrogen and oxygen atoms in total. The lowest BCUT2D eigenvalue weighted by molar-refractivity contribution is -0.192. The zero-order chi connectivity index (χ0) is 21.9. The van der Waals surface area contributed by atoms with Crippen LogP contribution < -0.4 is 5.32 Å². The summed E-state index contributed by atoms with van der Waals surface area (Å²) in [6.45, 7) is 6.60. The maximum Gasteiger partial charge on any atom is 0.490 e. The van der Waals surface area contributed by atoms with Gasteiger partial charge in [0.1, 0.15) is 5.00 Å². The van der Waals surface area contributed by atoms with E-state index in [1.165, 1.54) is 28.8 Å². The second-order valence-corrected chi connectivity index (χ2v) is 8.37. The number of hydrogen-bond donors (Lipinski definition) is 2. The SMILES string of the molecule is CC(C)c1nn(-c2cnc(C3CCNCC3)s2)c2ccccc12.O=C(O)C(F)(F)F. The normalized spacial score (nSPS) is 15.3. The number of alkyl halides is 3. The van der Waals surface area contributed by atoms with Crippen molar-refractivity contribution >= 4 is 28.2 Å². The number of para-hydroxylation sites is 1. The van der Waals surface area contributed by atoms with Gasteiger partial charge in [-0.3, -0.25) is 0 Å². The monoisotopic (exact) mass is 440 g/mol. The summed E-state index contributed by atoms with van der Waals surface area (Å²) < 4.78 is 33.8. The summed E-state index contributed by atoms with van der Waals surface area (Å²) in [5.41, 5.74) is 2.34. The molecular weight excluding hydrogens is 417 g/mol. The molecule has 1 aromatic carbocycles. The van der Waals surface area contributed by atoms with Crippen LogP contribution in [0.5, 0.6) is 0 Å². The number of carboxylic acids is 1. The number of aromatic nitrogens is 3. The first-order valence-corrected chi connectivity index (χ1v) is 10.4. The number of fused-ring (bicyclic) bond motifs is 1. The van der Waals surface area contributed by atoms with Gasteiger partial charge in [0, 0.05) is 11.3 Å². The van der Waals surface area contributed by atoms with Crippen molar-refractivity contribution in [3.63, 3.8) is 0 Å². The minimum Gasteiger partial charge on any atom is -0.475 e. The first kappa shape index (κ1) is 22.2. The molecule has 0 atom stereocenters. The number of piperidine rings is 1. The van der Waals surface area contributed by atoms with Crippen molar-refractivity contribution in [1.29, 1.82) is 0 Å². The largest absolute Gasteiger partial charge is 0.490 e. The van der Waals surface area contributed by atoms with Crippen molar-refractivity contribution in [3.8, 4) is 5.00 Å². The van der Waals surface area contributed by atoms with Crippen LogP contribution in [-0.4, -0.2) is 45.1 Å². The van der Waals surface area contributed by atoms with Crippen LogP contribution in [0.3, 0.4) is 0 Å². The molecule has 3 aromatic rings. The number of thiazole rings is 1. The number of rotatable bonds is 3. The van der Waals surface area contributed by atoms with E-state index >= 15 is 0 Å². The van der Waals surface area contributed by atoms with Gasteiger partial charge < -0.3 is 10.4 Å². The molecule has 3 heterocycles. The molecule has 2 N–H and O–H groups in total. The van der Waals surface area contributed by atoms with Gasteiger partial charge in [-0.1, -0.05) is 43.4 Å². The van der Waals surface area contributed by atoms with Gasteiger partial charge in [-0.25, -0.2) is 14.5 Å². The van der Waals surface area contributed by atoms with Gasteiger partial charge in [0.25, 0.3) is 0 Å². The van der Waals surface area contributed by atoms with E-state index in [4.69, 9.17) is 20.0 Å². The zero-order valence-electron chi connectivity index (χ0n) is 16.6. The summed E-state index contributed by atoms with van der Waals surface area (Å²) in [7, 11) is 0. The van der Waals surface area contributed by atoms with Crippen molar-refractivity contribution in [2.24, 2.45) is 0 Å². The predicted molar refractivity (Wildman–Crippen MR) is 109 cm³/mol. The number of nitrogens with one attached hydrogen (secondary N) is 1. The Kier molecular flexibility index (Phi) is 6.77. The van der Waals surface area contributed by atoms with Gasteiger partial charge in [0.05, 0.1) is 22.4 Å². The lowest BCUT2D eigenvalue weighted by Crippen LogP contribution is -2.26. The Bertz CT molecular complexity index is 1010. The molecule has 4 rings (SSSR count). The molecule has 10 heteroatoms. The molecule has 1 fully saturated rings. The van der Waals surface area contributed by atoms with Crippen LogP contribution in [0, 0.1) is 0 Å². The van der Waals surface area contributed by atoms with Crippen LogP contribution in [0.25, 0.3) is 15.9 Å². The molecule has 2 aromatic heterocycles. The quantitative estimate of drug-likeness (QED) is 0.617. The highest BCUT2D eigenvalue weighted by Crippen LogP contribution is 2.33. The number of nitrogens with zero attached hydrogens (tertiary/aromatic N) is 3. The second-order valence-electron chi connectivity index (χ2n) is 7.33. The summed E-state index contributed by atoms with van der Waals surface area (Å²) in [5.74, 6) is -1.74. The smallest absolute Gasteiger partial charge is 0.475 e. The molecule has 1 aliphatic rings. The van der Waals surface area contributed by atoms with Crippen molar-refractivity contribution in [3.05, 3.63) is 41.2 Å². The Morgan fingerprint density at radius 2 is 1.90 bits per heavy atom. The van der Waals surface area contributed by atoms with E-state index in [0.29, 0.717) is 11.8 Å². The molecule has 30 heavy (non-hydrogen) atoms. The number of carbonyl (C=O) groups is 1. The predicted octanol–water partition coefficient (Wildman–Crippen LogP) is 4.71. The van der Waals surface area contributed by atoms with Crippen molar-refractivity contribution in [2.45, 2.75) is 44.7 Å². The molecule has 0 spiro atoms. The van der Waals surface area contributed by atoms with E-state index in [1.54, 1.807) is 11.3 Å². The Morgan fingerprint density at radius 1 is 1.27 bits per heavy atom. The average molecular weight is 440 g/mol. The molecule has 1 aliphatic heterocycles. The van der Waals surface area contributed by atoms with Crippen molar-refractivity contribution in [1.82, 2.24) is 20.1 Å². The lowest BCUT2D eigenvalue weighted by atomic mass is 9.99. The summed E-state index contributed by atoms with van der Waals surface area (Å²) in [4.78, 5) is 13.6. The standard InChI is InChI=1S/C18H22N4S.C2HF3O2/c1-12(2)17-14-5-3-4-6-15(14)22(21-17)16-11-20-18(23-16)13-7-9-19-10-8-13;3-2(4,5)1(6)7/h3-6,11-13,19H,7-10H2,1-2H3;(H,6,7). The maximum absolute atomic E-state index is 10.6. The highest BCUT2D eigenvalue weighted by molar-refractivity contribution is 7.14. The van der Waals surface area contributed by atoms with Crippen LogP contribution in [0.1, 0.15) is 49.2 Å². The Balaban J connectivity index is 0.000000318. The molecular formula is C20H23F3N4O2S. The topological polar surface area (TPSA) is 80.0 Å². The fourth-order valence-corrected chi connectivity index (χ4v) is 4.37. The average Bonchev–Trinajstić information content (AvgIpc) is 3.33. The van der Waals surface area contributed by atoms with E-state index in [-0.39, 0.29) is 0 Å². The number of aliphatic carboxylic acids is 1. The van der Waals surface area contributed by atoms with Crippen LogP contribution in [0.15, 0.2) is 30.5 Å². The van der Waals surface area contributed by atoms with E-state index in [9.17, 15) is 13.2 Å². The van der Waals surface area contributed by atoms with Crippen LogP contribution in [0.2, 0.25) is 0 Å². The molecule has 0 aliphatic carbocycles. The fourth-order valence-electron chi connectivity index (χ4n) is 3.32. The maximum atomic E-state index is 10.6. The zero-order valence-corrected chi connectivity index (χ0v) is 17.4. The molecule has 162 valence electrons. The number of carboxylic acid groups (broad SMARTS) is 1. The summed E-state index contributed by atoms with van der Waals surface area (Å²) in [5, 5.41) is 19.1. The number of benzene rings is 1. The molecule has 0 saturated carbocycles. The minimum atomic E-state index is -5.08. The molecule has 0 radical (unpaired) electrons. The third kappa shape index (κ3) is 4.99. The third-order valence-electron chi connectivity index (χ3n) is 4.81. The van der Waals surface area contributed by atoms with Crippen molar-refractivity contribution in [2.75, 3.05) is 13.1 Å². The van der Waals surface area contributed by atoms with Gasteiger partial charge >= 0.3 is 12.1 Å². The first-order valence-electron chi connectivity index (χ1n) is 9.63. The first-order chi connectivity index (χ1) is 14.2. The van der Waals surface area contributed by atoms with Gasteiger partial charge in [0.2, 0.25) is 0 Å². The Morgan fingerprint density at radius 3 is 2.50 bits per heavy atom.